The molecule has 1 aliphatic rings. The number of hydrogen-bond donors (Lipinski definition) is 1. The van der Waals surface area contributed by atoms with Gasteiger partial charge in [0.15, 0.2) is 0 Å². The molecule has 2 atom stereocenters. The van der Waals surface area contributed by atoms with Crippen LogP contribution in [0.4, 0.5) is 0 Å². The molecule has 2 aromatic carbocycles. The van der Waals surface area contributed by atoms with E-state index in [9.17, 15) is 9.59 Å². The number of nitrogens with zero attached hydrogens (tertiary/aromatic N) is 2. The second-order valence-corrected chi connectivity index (χ2v) is 8.23. The molecule has 31 heavy (non-hydrogen) atoms. The Hall–Kier alpha value is -2.90. The van der Waals surface area contributed by atoms with Crippen LogP contribution in [-0.2, 0) is 16.1 Å². The number of hydrogen-bond acceptors (Lipinski definition) is 6. The second kappa shape index (κ2) is 10.9. The SMILES string of the molecule is CN(C)CCOc1cccc(CN2C[C@H](CC(N)=O)[C@H](OC(=O)c3ccccc3)C2)c1. The third-order valence-electron chi connectivity index (χ3n) is 5.30. The number of rotatable bonds is 10. The first kappa shape index (κ1) is 22.8. The van der Waals surface area contributed by atoms with Crippen molar-refractivity contribution in [2.75, 3.05) is 40.3 Å². The Morgan fingerprint density at radius 1 is 1.10 bits per heavy atom. The molecule has 1 heterocycles. The van der Waals surface area contributed by atoms with Crippen LogP contribution in [0.2, 0.25) is 0 Å². The van der Waals surface area contributed by atoms with Gasteiger partial charge in [-0.2, -0.15) is 0 Å². The van der Waals surface area contributed by atoms with Gasteiger partial charge in [-0.1, -0.05) is 30.3 Å². The number of likely N-dealkylation sites (tertiary alicyclic amines) is 1. The predicted molar refractivity (Wildman–Crippen MR) is 119 cm³/mol. The minimum Gasteiger partial charge on any atom is -0.492 e. The average molecular weight is 426 g/mol. The van der Waals surface area contributed by atoms with Crippen LogP contribution in [0.25, 0.3) is 0 Å². The Balaban J connectivity index is 1.62. The van der Waals surface area contributed by atoms with Crippen molar-refractivity contribution in [1.82, 2.24) is 9.80 Å². The van der Waals surface area contributed by atoms with Crippen molar-refractivity contribution >= 4 is 11.9 Å². The van der Waals surface area contributed by atoms with Gasteiger partial charge in [0.2, 0.25) is 5.91 Å². The number of esters is 1. The number of carbonyl (C=O) groups excluding carboxylic acids is 2. The molecule has 2 N–H and O–H groups in total. The number of carbonyl (C=O) groups is 2. The Kier molecular flexibility index (Phi) is 8.03. The number of nitrogens with two attached hydrogens (primary N) is 1. The van der Waals surface area contributed by atoms with Gasteiger partial charge in [0.05, 0.1) is 5.56 Å². The van der Waals surface area contributed by atoms with E-state index < -0.39 is 0 Å². The molecular formula is C24H31N3O4. The fraction of sp³-hybridized carbons (Fsp3) is 0.417. The molecule has 3 rings (SSSR count). The first-order chi connectivity index (χ1) is 14.9. The standard InChI is InChI=1S/C24H31N3O4/c1-26(2)11-12-30-21-10-6-7-18(13-21)15-27-16-20(14-23(25)28)22(17-27)31-24(29)19-8-4-3-5-9-19/h3-10,13,20,22H,11-12,14-17H2,1-2H3,(H2,25,28)/t20-,22+/m0/s1. The quantitative estimate of drug-likeness (QED) is 0.587. The van der Waals surface area contributed by atoms with Crippen LogP contribution < -0.4 is 10.5 Å². The van der Waals surface area contributed by atoms with E-state index in [-0.39, 0.29) is 30.3 Å². The van der Waals surface area contributed by atoms with E-state index in [1.54, 1.807) is 24.3 Å². The lowest BCUT2D eigenvalue weighted by molar-refractivity contribution is -0.119. The molecule has 1 saturated heterocycles. The molecule has 0 spiro atoms. The molecule has 0 unspecified atom stereocenters. The number of primary amides is 1. The van der Waals surface area contributed by atoms with E-state index in [4.69, 9.17) is 15.2 Å². The molecule has 0 radical (unpaired) electrons. The van der Waals surface area contributed by atoms with E-state index in [0.29, 0.717) is 31.8 Å². The number of amides is 1. The molecule has 0 bridgehead atoms. The van der Waals surface area contributed by atoms with Gasteiger partial charge in [0, 0.05) is 38.5 Å². The van der Waals surface area contributed by atoms with E-state index in [0.717, 1.165) is 17.9 Å². The molecule has 0 aliphatic carbocycles. The van der Waals surface area contributed by atoms with Crippen molar-refractivity contribution in [1.29, 1.82) is 0 Å². The Bertz CT molecular complexity index is 872. The van der Waals surface area contributed by atoms with Crippen LogP contribution in [-0.4, -0.2) is 68.1 Å². The minimum absolute atomic E-state index is 0.121. The van der Waals surface area contributed by atoms with E-state index in [2.05, 4.69) is 9.80 Å². The maximum Gasteiger partial charge on any atom is 0.338 e. The zero-order chi connectivity index (χ0) is 22.2. The lowest BCUT2D eigenvalue weighted by Crippen LogP contribution is -2.29. The first-order valence-corrected chi connectivity index (χ1v) is 10.5. The summed E-state index contributed by atoms with van der Waals surface area (Å²) in [7, 11) is 4.02. The first-order valence-electron chi connectivity index (χ1n) is 10.5. The summed E-state index contributed by atoms with van der Waals surface area (Å²) < 4.78 is 11.6. The van der Waals surface area contributed by atoms with Crippen LogP contribution in [0.5, 0.6) is 5.75 Å². The molecule has 1 amide bonds. The zero-order valence-electron chi connectivity index (χ0n) is 18.2. The molecule has 166 valence electrons. The summed E-state index contributed by atoms with van der Waals surface area (Å²) in [6.45, 7) is 3.35. The van der Waals surface area contributed by atoms with Crippen molar-refractivity contribution in [2.24, 2.45) is 11.7 Å². The van der Waals surface area contributed by atoms with Crippen LogP contribution in [0.3, 0.4) is 0 Å². The zero-order valence-corrected chi connectivity index (χ0v) is 18.2. The van der Waals surface area contributed by atoms with Crippen molar-refractivity contribution in [2.45, 2.75) is 19.1 Å². The maximum atomic E-state index is 12.5. The average Bonchev–Trinajstić information content (AvgIpc) is 3.08. The summed E-state index contributed by atoms with van der Waals surface area (Å²) in [4.78, 5) is 28.3. The largest absolute Gasteiger partial charge is 0.492 e. The molecule has 1 aliphatic heterocycles. The smallest absolute Gasteiger partial charge is 0.338 e. The van der Waals surface area contributed by atoms with E-state index >= 15 is 0 Å². The lowest BCUT2D eigenvalue weighted by Gasteiger charge is -2.18. The van der Waals surface area contributed by atoms with Crippen LogP contribution in [0.1, 0.15) is 22.3 Å². The van der Waals surface area contributed by atoms with Crippen LogP contribution in [0, 0.1) is 5.92 Å². The molecule has 0 saturated carbocycles. The van der Waals surface area contributed by atoms with Gasteiger partial charge in [-0.05, 0) is 43.9 Å². The highest BCUT2D eigenvalue weighted by molar-refractivity contribution is 5.89. The highest BCUT2D eigenvalue weighted by atomic mass is 16.5. The molecule has 7 heteroatoms. The number of ether oxygens (including phenoxy) is 2. The molecular weight excluding hydrogens is 394 g/mol. The second-order valence-electron chi connectivity index (χ2n) is 8.23. The summed E-state index contributed by atoms with van der Waals surface area (Å²) in [5.74, 6) is -0.0499. The molecule has 2 aromatic rings. The molecule has 0 aromatic heterocycles. The summed E-state index contributed by atoms with van der Waals surface area (Å²) in [6, 6.07) is 16.9. The lowest BCUT2D eigenvalue weighted by atomic mass is 10.0. The number of benzene rings is 2. The van der Waals surface area contributed by atoms with Gasteiger partial charge in [0.1, 0.15) is 18.5 Å². The van der Waals surface area contributed by atoms with E-state index in [1.165, 1.54) is 0 Å². The Morgan fingerprint density at radius 2 is 1.87 bits per heavy atom. The van der Waals surface area contributed by atoms with Gasteiger partial charge in [0.25, 0.3) is 0 Å². The summed E-state index contributed by atoms with van der Waals surface area (Å²) >= 11 is 0. The highest BCUT2D eigenvalue weighted by Crippen LogP contribution is 2.26. The normalized spacial score (nSPS) is 18.8. The minimum atomic E-state index is -0.385. The van der Waals surface area contributed by atoms with Gasteiger partial charge in [-0.25, -0.2) is 4.79 Å². The van der Waals surface area contributed by atoms with Crippen molar-refractivity contribution < 1.29 is 19.1 Å². The number of likely N-dealkylation sites (N-methyl/N-ethyl adjacent to an activating group) is 1. The fourth-order valence-electron chi connectivity index (χ4n) is 3.76. The summed E-state index contributed by atoms with van der Waals surface area (Å²) in [5.41, 5.74) is 7.05. The van der Waals surface area contributed by atoms with Crippen molar-refractivity contribution in [3.8, 4) is 5.75 Å². The van der Waals surface area contributed by atoms with Crippen LogP contribution >= 0.6 is 0 Å². The summed E-state index contributed by atoms with van der Waals surface area (Å²) in [6.07, 6.45) is -0.184. The maximum absolute atomic E-state index is 12.5. The van der Waals surface area contributed by atoms with Gasteiger partial charge in [-0.15, -0.1) is 0 Å². The van der Waals surface area contributed by atoms with Crippen LogP contribution in [0.15, 0.2) is 54.6 Å². The molecule has 1 fully saturated rings. The Morgan fingerprint density at radius 3 is 2.58 bits per heavy atom. The summed E-state index contributed by atoms with van der Waals surface area (Å²) in [5, 5.41) is 0. The van der Waals surface area contributed by atoms with Gasteiger partial charge < -0.3 is 20.1 Å². The fourth-order valence-corrected chi connectivity index (χ4v) is 3.76. The monoisotopic (exact) mass is 425 g/mol. The van der Waals surface area contributed by atoms with Crippen molar-refractivity contribution in [3.63, 3.8) is 0 Å². The highest BCUT2D eigenvalue weighted by Gasteiger charge is 2.36. The third kappa shape index (κ3) is 7.08. The topological polar surface area (TPSA) is 85.1 Å². The third-order valence-corrected chi connectivity index (χ3v) is 5.30. The molecule has 7 nitrogen and oxygen atoms in total. The van der Waals surface area contributed by atoms with Crippen molar-refractivity contribution in [3.05, 3.63) is 65.7 Å². The predicted octanol–water partition coefficient (Wildman–Crippen LogP) is 2.16. The van der Waals surface area contributed by atoms with Gasteiger partial charge in [-0.3, -0.25) is 9.69 Å². The Labute approximate surface area is 183 Å². The van der Waals surface area contributed by atoms with E-state index in [1.807, 2.05) is 44.4 Å². The van der Waals surface area contributed by atoms with Gasteiger partial charge >= 0.3 is 5.97 Å².